The van der Waals surface area contributed by atoms with Gasteiger partial charge in [0.25, 0.3) is 0 Å². The molecule has 0 unspecified atom stereocenters. The van der Waals surface area contributed by atoms with E-state index in [2.05, 4.69) is 49.8 Å². The Kier molecular flexibility index (Phi) is 5.81. The van der Waals surface area contributed by atoms with Crippen molar-refractivity contribution in [2.45, 2.75) is 13.5 Å². The number of nitrogens with zero attached hydrogens (tertiary/aromatic N) is 3. The standard InChI is InChI=1S/C19H24BrN3O2/c1-14-6-7-21-19(18(14)20)23-10-8-22(9-11-23)13-15-4-5-16(24-2)17(12-15)25-3/h4-7,12H,8-11,13H2,1-3H3. The van der Waals surface area contributed by atoms with Crippen LogP contribution in [0.3, 0.4) is 0 Å². The monoisotopic (exact) mass is 405 g/mol. The molecule has 3 rings (SSSR count). The highest BCUT2D eigenvalue weighted by Gasteiger charge is 2.20. The molecular formula is C19H24BrN3O2. The molecule has 0 bridgehead atoms. The second kappa shape index (κ2) is 8.06. The number of piperazine rings is 1. The van der Waals surface area contributed by atoms with E-state index in [1.165, 1.54) is 11.1 Å². The Labute approximate surface area is 157 Å². The van der Waals surface area contributed by atoms with E-state index in [1.54, 1.807) is 14.2 Å². The third-order valence-corrected chi connectivity index (χ3v) is 5.57. The molecule has 2 aromatic rings. The summed E-state index contributed by atoms with van der Waals surface area (Å²) in [6.45, 7) is 6.98. The molecule has 0 saturated carbocycles. The number of anilines is 1. The summed E-state index contributed by atoms with van der Waals surface area (Å²) < 4.78 is 11.8. The molecule has 1 fully saturated rings. The molecule has 2 heterocycles. The summed E-state index contributed by atoms with van der Waals surface area (Å²) in [5.41, 5.74) is 2.46. The Morgan fingerprint density at radius 2 is 1.76 bits per heavy atom. The van der Waals surface area contributed by atoms with E-state index < -0.39 is 0 Å². The Hall–Kier alpha value is -1.79. The quantitative estimate of drug-likeness (QED) is 0.760. The van der Waals surface area contributed by atoms with Gasteiger partial charge in [-0.05, 0) is 52.2 Å². The minimum absolute atomic E-state index is 0.770. The number of aryl methyl sites for hydroxylation is 1. The fraction of sp³-hybridized carbons (Fsp3) is 0.421. The summed E-state index contributed by atoms with van der Waals surface area (Å²) in [6, 6.07) is 8.16. The van der Waals surface area contributed by atoms with Gasteiger partial charge in [0, 0.05) is 38.9 Å². The Bertz CT molecular complexity index is 731. The number of halogens is 1. The lowest BCUT2D eigenvalue weighted by Gasteiger charge is -2.36. The average molecular weight is 406 g/mol. The maximum Gasteiger partial charge on any atom is 0.161 e. The van der Waals surface area contributed by atoms with Gasteiger partial charge in [-0.3, -0.25) is 4.90 Å². The fourth-order valence-electron chi connectivity index (χ4n) is 3.10. The van der Waals surface area contributed by atoms with E-state index in [9.17, 15) is 0 Å². The van der Waals surface area contributed by atoms with Crippen LogP contribution in [0.1, 0.15) is 11.1 Å². The molecular weight excluding hydrogens is 382 g/mol. The molecule has 1 aromatic carbocycles. The molecule has 25 heavy (non-hydrogen) atoms. The molecule has 0 N–H and O–H groups in total. The largest absolute Gasteiger partial charge is 0.493 e. The van der Waals surface area contributed by atoms with Crippen LogP contribution in [-0.2, 0) is 6.54 Å². The van der Waals surface area contributed by atoms with Crippen LogP contribution in [0.5, 0.6) is 11.5 Å². The number of ether oxygens (including phenoxy) is 2. The lowest BCUT2D eigenvalue weighted by Crippen LogP contribution is -2.46. The molecule has 5 nitrogen and oxygen atoms in total. The predicted molar refractivity (Wildman–Crippen MR) is 104 cm³/mol. The van der Waals surface area contributed by atoms with E-state index in [1.807, 2.05) is 18.3 Å². The van der Waals surface area contributed by atoms with E-state index in [4.69, 9.17) is 9.47 Å². The van der Waals surface area contributed by atoms with E-state index in [0.717, 1.165) is 54.5 Å². The van der Waals surface area contributed by atoms with Crippen LogP contribution < -0.4 is 14.4 Å². The van der Waals surface area contributed by atoms with Crippen molar-refractivity contribution in [3.8, 4) is 11.5 Å². The summed E-state index contributed by atoms with van der Waals surface area (Å²) in [7, 11) is 3.33. The van der Waals surface area contributed by atoms with Gasteiger partial charge in [-0.15, -0.1) is 0 Å². The smallest absolute Gasteiger partial charge is 0.161 e. The predicted octanol–water partition coefficient (Wildman–Crippen LogP) is 3.49. The normalized spacial score (nSPS) is 15.3. The molecule has 1 aliphatic rings. The van der Waals surface area contributed by atoms with Crippen molar-refractivity contribution in [3.05, 3.63) is 46.1 Å². The third-order valence-electron chi connectivity index (χ3n) is 4.59. The van der Waals surface area contributed by atoms with Gasteiger partial charge in [0.15, 0.2) is 11.5 Å². The molecule has 1 aliphatic heterocycles. The molecule has 0 spiro atoms. The zero-order valence-electron chi connectivity index (χ0n) is 15.0. The molecule has 134 valence electrons. The summed E-state index contributed by atoms with van der Waals surface area (Å²) >= 11 is 3.67. The van der Waals surface area contributed by atoms with E-state index in [-0.39, 0.29) is 0 Å². The number of aromatic nitrogens is 1. The van der Waals surface area contributed by atoms with Crippen molar-refractivity contribution in [1.29, 1.82) is 0 Å². The van der Waals surface area contributed by atoms with Gasteiger partial charge in [-0.1, -0.05) is 6.07 Å². The minimum atomic E-state index is 0.770. The maximum atomic E-state index is 5.40. The SMILES string of the molecule is COc1ccc(CN2CCN(c3nccc(C)c3Br)CC2)cc1OC. The molecule has 6 heteroatoms. The lowest BCUT2D eigenvalue weighted by molar-refractivity contribution is 0.248. The number of hydrogen-bond donors (Lipinski definition) is 0. The first-order chi connectivity index (χ1) is 12.1. The first-order valence-electron chi connectivity index (χ1n) is 8.41. The maximum absolute atomic E-state index is 5.40. The highest BCUT2D eigenvalue weighted by Crippen LogP contribution is 2.29. The second-order valence-corrected chi connectivity index (χ2v) is 7.01. The third kappa shape index (κ3) is 4.07. The van der Waals surface area contributed by atoms with Crippen LogP contribution in [0.15, 0.2) is 34.9 Å². The average Bonchev–Trinajstić information content (AvgIpc) is 2.64. The van der Waals surface area contributed by atoms with Crippen LogP contribution in [0.4, 0.5) is 5.82 Å². The van der Waals surface area contributed by atoms with Gasteiger partial charge < -0.3 is 14.4 Å². The number of hydrogen-bond acceptors (Lipinski definition) is 5. The zero-order chi connectivity index (χ0) is 17.8. The van der Waals surface area contributed by atoms with Crippen molar-refractivity contribution in [2.24, 2.45) is 0 Å². The summed E-state index contributed by atoms with van der Waals surface area (Å²) in [5.74, 6) is 2.60. The van der Waals surface area contributed by atoms with E-state index >= 15 is 0 Å². The van der Waals surface area contributed by atoms with Gasteiger partial charge in [-0.2, -0.15) is 0 Å². The number of benzene rings is 1. The summed E-state index contributed by atoms with van der Waals surface area (Å²) in [5, 5.41) is 0. The fourth-order valence-corrected chi connectivity index (χ4v) is 3.59. The number of rotatable bonds is 5. The Morgan fingerprint density at radius 3 is 2.44 bits per heavy atom. The highest BCUT2D eigenvalue weighted by molar-refractivity contribution is 9.10. The topological polar surface area (TPSA) is 37.8 Å². The molecule has 1 aromatic heterocycles. The first kappa shape index (κ1) is 18.0. The molecule has 1 saturated heterocycles. The minimum Gasteiger partial charge on any atom is -0.493 e. The Morgan fingerprint density at radius 1 is 1.04 bits per heavy atom. The molecule has 0 aliphatic carbocycles. The lowest BCUT2D eigenvalue weighted by atomic mass is 10.1. The van der Waals surface area contributed by atoms with E-state index in [0.29, 0.717) is 0 Å². The van der Waals surface area contributed by atoms with Crippen molar-refractivity contribution in [1.82, 2.24) is 9.88 Å². The molecule has 0 amide bonds. The Balaban J connectivity index is 1.62. The van der Waals surface area contributed by atoms with Crippen molar-refractivity contribution < 1.29 is 9.47 Å². The van der Waals surface area contributed by atoms with Gasteiger partial charge in [0.2, 0.25) is 0 Å². The highest BCUT2D eigenvalue weighted by atomic mass is 79.9. The van der Waals surface area contributed by atoms with Crippen LogP contribution in [-0.4, -0.2) is 50.3 Å². The number of pyridine rings is 1. The van der Waals surface area contributed by atoms with Crippen LogP contribution in [0.2, 0.25) is 0 Å². The van der Waals surface area contributed by atoms with Crippen LogP contribution in [0.25, 0.3) is 0 Å². The number of methoxy groups -OCH3 is 2. The zero-order valence-corrected chi connectivity index (χ0v) is 16.5. The van der Waals surface area contributed by atoms with Gasteiger partial charge >= 0.3 is 0 Å². The summed E-state index contributed by atoms with van der Waals surface area (Å²) in [4.78, 5) is 9.35. The summed E-state index contributed by atoms with van der Waals surface area (Å²) in [6.07, 6.45) is 1.88. The van der Waals surface area contributed by atoms with Crippen LogP contribution in [0, 0.1) is 6.92 Å². The van der Waals surface area contributed by atoms with Gasteiger partial charge in [-0.25, -0.2) is 4.98 Å². The van der Waals surface area contributed by atoms with Crippen molar-refractivity contribution in [3.63, 3.8) is 0 Å². The van der Waals surface area contributed by atoms with Crippen molar-refractivity contribution >= 4 is 21.7 Å². The van der Waals surface area contributed by atoms with Gasteiger partial charge in [0.1, 0.15) is 5.82 Å². The second-order valence-electron chi connectivity index (χ2n) is 6.22. The molecule has 0 radical (unpaired) electrons. The molecule has 0 atom stereocenters. The van der Waals surface area contributed by atoms with Crippen molar-refractivity contribution in [2.75, 3.05) is 45.3 Å². The van der Waals surface area contributed by atoms with Gasteiger partial charge in [0.05, 0.1) is 18.7 Å². The first-order valence-corrected chi connectivity index (χ1v) is 9.21. The van der Waals surface area contributed by atoms with Crippen LogP contribution >= 0.6 is 15.9 Å².